The topological polar surface area (TPSA) is 23.8 Å². The first-order chi connectivity index (χ1) is 13.5. The molecule has 2 saturated carbocycles. The van der Waals surface area contributed by atoms with Crippen LogP contribution in [0.15, 0.2) is 18.2 Å². The van der Waals surface area contributed by atoms with Crippen LogP contribution in [0.4, 0.5) is 13.2 Å². The van der Waals surface area contributed by atoms with Gasteiger partial charge in [-0.25, -0.2) is 13.2 Å². The third-order valence-corrected chi connectivity index (χ3v) is 7.09. The van der Waals surface area contributed by atoms with Crippen LogP contribution in [-0.2, 0) is 0 Å². The van der Waals surface area contributed by atoms with Crippen molar-refractivity contribution in [1.29, 1.82) is 5.26 Å². The first kappa shape index (κ1) is 19.3. The van der Waals surface area contributed by atoms with Crippen LogP contribution in [0.25, 0.3) is 10.8 Å². The summed E-state index contributed by atoms with van der Waals surface area (Å²) >= 11 is 0. The van der Waals surface area contributed by atoms with Crippen LogP contribution in [0.3, 0.4) is 0 Å². The number of benzene rings is 2. The van der Waals surface area contributed by atoms with Gasteiger partial charge >= 0.3 is 0 Å². The molecule has 0 saturated heterocycles. The van der Waals surface area contributed by atoms with Gasteiger partial charge in [-0.2, -0.15) is 5.26 Å². The number of hydrogen-bond acceptors (Lipinski definition) is 1. The Hall–Kier alpha value is -2.02. The summed E-state index contributed by atoms with van der Waals surface area (Å²) in [6.07, 6.45) is 9.25. The zero-order valence-electron chi connectivity index (χ0n) is 16.3. The zero-order valence-corrected chi connectivity index (χ0v) is 16.3. The van der Waals surface area contributed by atoms with Gasteiger partial charge in [-0.1, -0.05) is 26.2 Å². The molecule has 1 nitrogen and oxygen atoms in total. The predicted octanol–water partition coefficient (Wildman–Crippen LogP) is 7.23. The quantitative estimate of drug-likeness (QED) is 0.547. The largest absolute Gasteiger partial charge is 0.207 e. The molecule has 2 aromatic carbocycles. The van der Waals surface area contributed by atoms with Crippen molar-refractivity contribution in [1.82, 2.24) is 0 Å². The van der Waals surface area contributed by atoms with E-state index in [0.29, 0.717) is 17.5 Å². The second-order valence-corrected chi connectivity index (χ2v) is 8.75. The van der Waals surface area contributed by atoms with Crippen molar-refractivity contribution in [3.05, 3.63) is 46.8 Å². The van der Waals surface area contributed by atoms with Crippen LogP contribution in [0.2, 0.25) is 0 Å². The summed E-state index contributed by atoms with van der Waals surface area (Å²) < 4.78 is 42.8. The van der Waals surface area contributed by atoms with Gasteiger partial charge in [-0.3, -0.25) is 0 Å². The molecule has 0 amide bonds. The Morgan fingerprint density at radius 3 is 2.50 bits per heavy atom. The highest BCUT2D eigenvalue weighted by Gasteiger charge is 2.37. The monoisotopic (exact) mass is 385 g/mol. The van der Waals surface area contributed by atoms with Crippen molar-refractivity contribution < 1.29 is 13.2 Å². The normalized spacial score (nSPS) is 27.4. The zero-order chi connectivity index (χ0) is 19.8. The third-order valence-electron chi connectivity index (χ3n) is 7.09. The smallest absolute Gasteiger partial charge is 0.152 e. The lowest BCUT2D eigenvalue weighted by atomic mass is 9.63. The van der Waals surface area contributed by atoms with Gasteiger partial charge in [0.2, 0.25) is 0 Å². The molecule has 148 valence electrons. The highest BCUT2D eigenvalue weighted by molar-refractivity contribution is 5.86. The molecular formula is C24H26F3N. The van der Waals surface area contributed by atoms with Crippen molar-refractivity contribution >= 4 is 10.8 Å². The Bertz CT molecular complexity index is 930. The van der Waals surface area contributed by atoms with Gasteiger partial charge in [0.1, 0.15) is 17.7 Å². The van der Waals surface area contributed by atoms with Gasteiger partial charge in [-0.05, 0) is 78.9 Å². The number of fused-ring (bicyclic) bond motifs is 2. The highest BCUT2D eigenvalue weighted by atomic mass is 19.1. The number of nitriles is 1. The molecule has 0 spiro atoms. The lowest BCUT2D eigenvalue weighted by Gasteiger charge is -2.42. The minimum Gasteiger partial charge on any atom is -0.207 e. The van der Waals surface area contributed by atoms with E-state index < -0.39 is 17.5 Å². The van der Waals surface area contributed by atoms with Crippen LogP contribution >= 0.6 is 0 Å². The van der Waals surface area contributed by atoms with Crippen molar-refractivity contribution in [2.24, 2.45) is 17.8 Å². The second-order valence-electron chi connectivity index (χ2n) is 8.75. The predicted molar refractivity (Wildman–Crippen MR) is 104 cm³/mol. The summed E-state index contributed by atoms with van der Waals surface area (Å²) in [5.41, 5.74) is 0.563. The fourth-order valence-corrected chi connectivity index (χ4v) is 5.81. The Balaban J connectivity index is 1.66. The summed E-state index contributed by atoms with van der Waals surface area (Å²) in [7, 11) is 0. The summed E-state index contributed by atoms with van der Waals surface area (Å²) in [5, 5.41) is 9.50. The molecule has 2 aromatic rings. The maximum Gasteiger partial charge on any atom is 0.152 e. The van der Waals surface area contributed by atoms with Crippen LogP contribution < -0.4 is 0 Å². The molecule has 2 fully saturated rings. The number of hydrogen-bond donors (Lipinski definition) is 0. The minimum atomic E-state index is -0.950. The van der Waals surface area contributed by atoms with Gasteiger partial charge in [0.25, 0.3) is 0 Å². The summed E-state index contributed by atoms with van der Waals surface area (Å²) in [4.78, 5) is 0. The van der Waals surface area contributed by atoms with Crippen molar-refractivity contribution in [2.45, 2.75) is 64.2 Å². The maximum atomic E-state index is 15.0. The highest BCUT2D eigenvalue weighted by Crippen LogP contribution is 2.49. The van der Waals surface area contributed by atoms with Crippen molar-refractivity contribution in [3.63, 3.8) is 0 Å². The van der Waals surface area contributed by atoms with E-state index in [1.165, 1.54) is 32.1 Å². The minimum absolute atomic E-state index is 0.0684. The van der Waals surface area contributed by atoms with Crippen LogP contribution in [0.1, 0.15) is 75.3 Å². The second kappa shape index (κ2) is 7.78. The molecule has 0 aromatic heterocycles. The van der Waals surface area contributed by atoms with Gasteiger partial charge < -0.3 is 0 Å². The van der Waals surface area contributed by atoms with Crippen LogP contribution in [0.5, 0.6) is 0 Å². The first-order valence-electron chi connectivity index (χ1n) is 10.5. The lowest BCUT2D eigenvalue weighted by Crippen LogP contribution is -2.30. The molecule has 4 rings (SSSR count). The SMILES string of the molecule is CCCC1CCC2CC(c3cc4cc(F)cc(F)c4c(F)c3C#N)CCC2C1. The Morgan fingerprint density at radius 1 is 1.00 bits per heavy atom. The molecule has 4 unspecified atom stereocenters. The molecule has 0 N–H and O–H groups in total. The molecule has 2 aliphatic carbocycles. The Labute approximate surface area is 164 Å². The molecule has 0 bridgehead atoms. The average molecular weight is 385 g/mol. The number of nitrogens with zero attached hydrogens (tertiary/aromatic N) is 1. The first-order valence-corrected chi connectivity index (χ1v) is 10.5. The Morgan fingerprint density at radius 2 is 1.75 bits per heavy atom. The molecular weight excluding hydrogens is 359 g/mol. The summed E-state index contributed by atoms with van der Waals surface area (Å²) in [6.45, 7) is 2.24. The van der Waals surface area contributed by atoms with E-state index >= 15 is 0 Å². The van der Waals surface area contributed by atoms with Crippen LogP contribution in [0, 0.1) is 46.5 Å². The van der Waals surface area contributed by atoms with E-state index in [4.69, 9.17) is 0 Å². The molecule has 4 atom stereocenters. The standard InChI is InChI=1S/C24H26F3N/c1-2-3-14-4-5-16-9-17(7-6-15(16)8-14)20-11-18-10-19(25)12-22(26)23(18)24(27)21(20)13-28/h10-12,14-17H,2-9H2,1H3. The van der Waals surface area contributed by atoms with Gasteiger partial charge in [0.05, 0.1) is 10.9 Å². The molecule has 2 aliphatic rings. The summed E-state index contributed by atoms with van der Waals surface area (Å²) in [5.74, 6) is -0.258. The van der Waals surface area contributed by atoms with Gasteiger partial charge in [-0.15, -0.1) is 0 Å². The molecule has 0 radical (unpaired) electrons. The lowest BCUT2D eigenvalue weighted by molar-refractivity contribution is 0.114. The van der Waals surface area contributed by atoms with E-state index in [9.17, 15) is 18.4 Å². The van der Waals surface area contributed by atoms with E-state index in [0.717, 1.165) is 37.2 Å². The Kier molecular flexibility index (Phi) is 5.36. The fraction of sp³-hybridized carbons (Fsp3) is 0.542. The number of rotatable bonds is 3. The van der Waals surface area contributed by atoms with Crippen molar-refractivity contribution in [3.8, 4) is 6.07 Å². The fourth-order valence-electron chi connectivity index (χ4n) is 5.81. The van der Waals surface area contributed by atoms with E-state index in [2.05, 4.69) is 6.92 Å². The average Bonchev–Trinajstić information content (AvgIpc) is 2.67. The maximum absolute atomic E-state index is 15.0. The summed E-state index contributed by atoms with van der Waals surface area (Å²) in [6, 6.07) is 5.44. The van der Waals surface area contributed by atoms with Gasteiger partial charge in [0.15, 0.2) is 5.82 Å². The molecule has 28 heavy (non-hydrogen) atoms. The molecule has 0 heterocycles. The molecule has 4 heteroatoms. The van der Waals surface area contributed by atoms with E-state index in [1.807, 2.05) is 6.07 Å². The van der Waals surface area contributed by atoms with E-state index in [-0.39, 0.29) is 22.3 Å². The van der Waals surface area contributed by atoms with Gasteiger partial charge in [0, 0.05) is 6.07 Å². The van der Waals surface area contributed by atoms with Crippen molar-refractivity contribution in [2.75, 3.05) is 0 Å². The van der Waals surface area contributed by atoms with E-state index in [1.54, 1.807) is 6.07 Å². The third kappa shape index (κ3) is 3.41. The van der Waals surface area contributed by atoms with Crippen LogP contribution in [-0.4, -0.2) is 0 Å². The molecule has 0 aliphatic heterocycles. The number of halogens is 3.